The lowest BCUT2D eigenvalue weighted by Crippen LogP contribution is -2.47. The zero-order valence-corrected chi connectivity index (χ0v) is 11.5. The standard InChI is InChI=1S/C17H17N3/c1-13-7-15(11-19-10-13)20-16-8-17(9-16,12-18)14-5-3-2-4-6-14/h2-7,10-11,16,20H,8-9H2,1H3. The molecular formula is C17H17N3. The van der Waals surface area contributed by atoms with Gasteiger partial charge in [-0.05, 0) is 37.0 Å². The van der Waals surface area contributed by atoms with Crippen molar-refractivity contribution < 1.29 is 0 Å². The van der Waals surface area contributed by atoms with Crippen molar-refractivity contribution in [2.75, 3.05) is 5.32 Å². The van der Waals surface area contributed by atoms with Crippen LogP contribution in [-0.2, 0) is 5.41 Å². The Morgan fingerprint density at radius 1 is 1.25 bits per heavy atom. The molecule has 1 aliphatic carbocycles. The number of hydrogen-bond donors (Lipinski definition) is 1. The SMILES string of the molecule is Cc1cncc(NC2CC(C#N)(c3ccccc3)C2)c1. The van der Waals surface area contributed by atoms with Crippen molar-refractivity contribution in [1.82, 2.24) is 4.98 Å². The zero-order valence-electron chi connectivity index (χ0n) is 11.5. The van der Waals surface area contributed by atoms with Gasteiger partial charge in [0.2, 0.25) is 0 Å². The van der Waals surface area contributed by atoms with Crippen molar-refractivity contribution >= 4 is 5.69 Å². The van der Waals surface area contributed by atoms with Crippen LogP contribution in [0.25, 0.3) is 0 Å². The van der Waals surface area contributed by atoms with Crippen LogP contribution in [-0.4, -0.2) is 11.0 Å². The first kappa shape index (κ1) is 12.7. The number of rotatable bonds is 3. The van der Waals surface area contributed by atoms with Gasteiger partial charge in [0.15, 0.2) is 0 Å². The summed E-state index contributed by atoms with van der Waals surface area (Å²) < 4.78 is 0. The highest BCUT2D eigenvalue weighted by Crippen LogP contribution is 2.44. The molecule has 0 radical (unpaired) electrons. The van der Waals surface area contributed by atoms with E-state index in [2.05, 4.69) is 22.4 Å². The topological polar surface area (TPSA) is 48.7 Å². The van der Waals surface area contributed by atoms with Gasteiger partial charge in [0.1, 0.15) is 0 Å². The van der Waals surface area contributed by atoms with Crippen LogP contribution in [0.5, 0.6) is 0 Å². The Labute approximate surface area is 119 Å². The molecule has 1 N–H and O–H groups in total. The molecule has 3 rings (SSSR count). The van der Waals surface area contributed by atoms with E-state index < -0.39 is 0 Å². The number of aromatic nitrogens is 1. The van der Waals surface area contributed by atoms with Gasteiger partial charge in [0, 0.05) is 18.4 Å². The summed E-state index contributed by atoms with van der Waals surface area (Å²) >= 11 is 0. The lowest BCUT2D eigenvalue weighted by atomic mass is 9.62. The minimum Gasteiger partial charge on any atom is -0.381 e. The van der Waals surface area contributed by atoms with Gasteiger partial charge in [-0.2, -0.15) is 5.26 Å². The number of anilines is 1. The highest BCUT2D eigenvalue weighted by Gasteiger charge is 2.46. The number of pyridine rings is 1. The molecule has 0 bridgehead atoms. The van der Waals surface area contributed by atoms with Crippen molar-refractivity contribution in [2.24, 2.45) is 0 Å². The van der Waals surface area contributed by atoms with E-state index in [9.17, 15) is 5.26 Å². The Hall–Kier alpha value is -2.34. The minimum atomic E-state index is -0.323. The second-order valence-electron chi connectivity index (χ2n) is 5.56. The third-order valence-corrected chi connectivity index (χ3v) is 3.98. The minimum absolute atomic E-state index is 0.323. The van der Waals surface area contributed by atoms with Crippen molar-refractivity contribution in [3.8, 4) is 6.07 Å². The summed E-state index contributed by atoms with van der Waals surface area (Å²) in [6, 6.07) is 15.0. The average molecular weight is 263 g/mol. The number of hydrogen-bond acceptors (Lipinski definition) is 3. The van der Waals surface area contributed by atoms with E-state index in [4.69, 9.17) is 0 Å². The molecule has 1 saturated carbocycles. The van der Waals surface area contributed by atoms with E-state index in [-0.39, 0.29) is 5.41 Å². The predicted octanol–water partition coefficient (Wildman–Crippen LogP) is 3.43. The molecule has 3 heteroatoms. The zero-order chi connectivity index (χ0) is 14.0. The van der Waals surface area contributed by atoms with Crippen LogP contribution in [0.4, 0.5) is 5.69 Å². The summed E-state index contributed by atoms with van der Waals surface area (Å²) in [5.41, 5.74) is 2.98. The molecule has 1 heterocycles. The highest BCUT2D eigenvalue weighted by molar-refractivity contribution is 5.47. The summed E-state index contributed by atoms with van der Waals surface area (Å²) in [4.78, 5) is 4.18. The molecule has 0 saturated heterocycles. The molecule has 0 amide bonds. The molecule has 1 aromatic heterocycles. The van der Waals surface area contributed by atoms with Crippen molar-refractivity contribution in [3.05, 3.63) is 59.9 Å². The number of nitriles is 1. The first-order chi connectivity index (χ1) is 9.72. The Morgan fingerprint density at radius 3 is 2.65 bits per heavy atom. The summed E-state index contributed by atoms with van der Waals surface area (Å²) in [7, 11) is 0. The van der Waals surface area contributed by atoms with E-state index in [1.54, 1.807) is 0 Å². The van der Waals surface area contributed by atoms with E-state index in [1.165, 1.54) is 0 Å². The molecule has 20 heavy (non-hydrogen) atoms. The number of benzene rings is 1. The fourth-order valence-corrected chi connectivity index (χ4v) is 2.90. The van der Waals surface area contributed by atoms with Crippen molar-refractivity contribution in [3.63, 3.8) is 0 Å². The fraction of sp³-hybridized carbons (Fsp3) is 0.294. The van der Waals surface area contributed by atoms with Gasteiger partial charge in [0.05, 0.1) is 17.2 Å². The van der Waals surface area contributed by atoms with Crippen LogP contribution in [0.3, 0.4) is 0 Å². The van der Waals surface area contributed by atoms with Crippen molar-refractivity contribution in [2.45, 2.75) is 31.2 Å². The van der Waals surface area contributed by atoms with Gasteiger partial charge in [-0.15, -0.1) is 0 Å². The lowest BCUT2D eigenvalue weighted by Gasteiger charge is -2.43. The van der Waals surface area contributed by atoms with E-state index in [0.29, 0.717) is 6.04 Å². The normalized spacial score (nSPS) is 24.5. The summed E-state index contributed by atoms with van der Waals surface area (Å²) in [6.07, 6.45) is 5.38. The largest absolute Gasteiger partial charge is 0.381 e. The first-order valence-electron chi connectivity index (χ1n) is 6.87. The molecule has 100 valence electrons. The van der Waals surface area contributed by atoms with Crippen LogP contribution < -0.4 is 5.32 Å². The molecule has 0 aliphatic heterocycles. The second kappa shape index (κ2) is 4.97. The smallest absolute Gasteiger partial charge is 0.0861 e. The predicted molar refractivity (Wildman–Crippen MR) is 79.4 cm³/mol. The second-order valence-corrected chi connectivity index (χ2v) is 5.56. The third kappa shape index (κ3) is 2.25. The van der Waals surface area contributed by atoms with Crippen LogP contribution >= 0.6 is 0 Å². The maximum Gasteiger partial charge on any atom is 0.0861 e. The highest BCUT2D eigenvalue weighted by atomic mass is 15.0. The molecule has 1 aliphatic rings. The maximum atomic E-state index is 9.53. The van der Waals surface area contributed by atoms with Gasteiger partial charge in [-0.1, -0.05) is 30.3 Å². The van der Waals surface area contributed by atoms with Gasteiger partial charge >= 0.3 is 0 Å². The summed E-state index contributed by atoms with van der Waals surface area (Å²) in [5, 5.41) is 13.0. The Kier molecular flexibility index (Phi) is 3.15. The van der Waals surface area contributed by atoms with E-state index >= 15 is 0 Å². The molecule has 1 fully saturated rings. The first-order valence-corrected chi connectivity index (χ1v) is 6.87. The van der Waals surface area contributed by atoms with Crippen LogP contribution in [0.15, 0.2) is 48.8 Å². The van der Waals surface area contributed by atoms with Gasteiger partial charge in [-0.25, -0.2) is 0 Å². The Bertz CT molecular complexity index is 637. The Morgan fingerprint density at radius 2 is 2.00 bits per heavy atom. The Balaban J connectivity index is 1.70. The molecule has 3 nitrogen and oxygen atoms in total. The number of nitrogens with one attached hydrogen (secondary N) is 1. The lowest BCUT2D eigenvalue weighted by molar-refractivity contribution is 0.289. The van der Waals surface area contributed by atoms with Crippen LogP contribution in [0.1, 0.15) is 24.0 Å². The van der Waals surface area contributed by atoms with Crippen molar-refractivity contribution in [1.29, 1.82) is 5.26 Å². The number of aryl methyl sites for hydroxylation is 1. The van der Waals surface area contributed by atoms with Gasteiger partial charge in [0.25, 0.3) is 0 Å². The number of nitrogens with zero attached hydrogens (tertiary/aromatic N) is 2. The summed E-state index contributed by atoms with van der Waals surface area (Å²) in [6.45, 7) is 2.03. The third-order valence-electron chi connectivity index (χ3n) is 3.98. The summed E-state index contributed by atoms with van der Waals surface area (Å²) in [5.74, 6) is 0. The fourth-order valence-electron chi connectivity index (χ4n) is 2.90. The van der Waals surface area contributed by atoms with Crippen LogP contribution in [0, 0.1) is 18.3 Å². The van der Waals surface area contributed by atoms with Gasteiger partial charge in [-0.3, -0.25) is 4.98 Å². The molecular weight excluding hydrogens is 246 g/mol. The van der Waals surface area contributed by atoms with E-state index in [1.807, 2.05) is 49.6 Å². The quantitative estimate of drug-likeness (QED) is 0.923. The average Bonchev–Trinajstić information content (AvgIpc) is 2.43. The monoisotopic (exact) mass is 263 g/mol. The van der Waals surface area contributed by atoms with E-state index in [0.717, 1.165) is 29.7 Å². The molecule has 0 spiro atoms. The molecule has 0 unspecified atom stereocenters. The maximum absolute atomic E-state index is 9.53. The molecule has 1 aromatic carbocycles. The molecule has 0 atom stereocenters. The van der Waals surface area contributed by atoms with Crippen LogP contribution in [0.2, 0.25) is 0 Å². The molecule has 2 aromatic rings. The van der Waals surface area contributed by atoms with Gasteiger partial charge < -0.3 is 5.32 Å².